The van der Waals surface area contributed by atoms with Crippen LogP contribution in [0.2, 0.25) is 0 Å². The van der Waals surface area contributed by atoms with Gasteiger partial charge < -0.3 is 19.3 Å². The average molecular weight is 452 g/mol. The van der Waals surface area contributed by atoms with Gasteiger partial charge in [0.1, 0.15) is 24.8 Å². The minimum Gasteiger partial charge on any atom is -0.497 e. The van der Waals surface area contributed by atoms with E-state index in [2.05, 4.69) is 0 Å². The van der Waals surface area contributed by atoms with E-state index in [1.165, 1.54) is 4.90 Å². The number of nitrogens with zero attached hydrogens (tertiary/aromatic N) is 1. The van der Waals surface area contributed by atoms with Crippen molar-refractivity contribution >= 4 is 17.5 Å². The second kappa shape index (κ2) is 10.3. The van der Waals surface area contributed by atoms with Crippen LogP contribution in [0.3, 0.4) is 0 Å². The normalized spacial score (nSPS) is 21.5. The number of carbonyl (C=O) groups excluding carboxylic acids is 3. The number of carbonyl (C=O) groups is 3. The Hall–Kier alpha value is -3.03. The molecule has 2 unspecified atom stereocenters. The lowest BCUT2D eigenvalue weighted by Gasteiger charge is -2.29. The molecule has 2 aliphatic rings. The van der Waals surface area contributed by atoms with Crippen LogP contribution in [0, 0.1) is 12.8 Å². The van der Waals surface area contributed by atoms with Gasteiger partial charge in [-0.3, -0.25) is 14.4 Å². The van der Waals surface area contributed by atoms with Gasteiger partial charge in [-0.25, -0.2) is 0 Å². The van der Waals surface area contributed by atoms with Gasteiger partial charge in [0.25, 0.3) is 5.91 Å². The molecule has 1 N–H and O–H groups in total. The molecular weight excluding hydrogens is 420 g/mol. The molecule has 0 bridgehead atoms. The van der Waals surface area contributed by atoms with Crippen molar-refractivity contribution < 1.29 is 28.8 Å². The van der Waals surface area contributed by atoms with Crippen molar-refractivity contribution in [3.05, 3.63) is 65.2 Å². The quantitative estimate of drug-likeness (QED) is 0.372. The summed E-state index contributed by atoms with van der Waals surface area (Å²) >= 11 is 0. The minimum atomic E-state index is -1.07. The number of hydrogen-bond donors (Lipinski definition) is 1. The van der Waals surface area contributed by atoms with Gasteiger partial charge in [-0.05, 0) is 24.6 Å². The number of likely N-dealkylation sites (tertiary alicyclic amines) is 1. The molecule has 2 fully saturated rings. The number of ketones is 2. The van der Waals surface area contributed by atoms with Gasteiger partial charge in [0.05, 0.1) is 32.9 Å². The number of aryl methyl sites for hydroxylation is 1. The molecule has 0 saturated carbocycles. The number of methoxy groups -OCH3 is 1. The molecule has 2 aromatic rings. The molecule has 2 heterocycles. The van der Waals surface area contributed by atoms with E-state index in [0.717, 1.165) is 50.4 Å². The second-order valence-electron chi connectivity index (χ2n) is 8.76. The monoisotopic (exact) mass is 451 g/mol. The number of quaternary nitrogens is 1. The SMILES string of the molecule is COc1cccc(C2C(C(=O)c3ccc(C)cc3)C(=O)C(=O)N2CCC[NH+]2CCOCC2)c1. The molecule has 0 spiro atoms. The molecule has 174 valence electrons. The Morgan fingerprint density at radius 2 is 1.85 bits per heavy atom. The van der Waals surface area contributed by atoms with E-state index in [4.69, 9.17) is 9.47 Å². The third kappa shape index (κ3) is 4.99. The lowest BCUT2D eigenvalue weighted by Crippen LogP contribution is -3.14. The van der Waals surface area contributed by atoms with Gasteiger partial charge in [-0.2, -0.15) is 0 Å². The van der Waals surface area contributed by atoms with Gasteiger partial charge in [-0.15, -0.1) is 0 Å². The number of amides is 1. The third-order valence-electron chi connectivity index (χ3n) is 6.59. The fraction of sp³-hybridized carbons (Fsp3) is 0.423. The van der Waals surface area contributed by atoms with Crippen LogP contribution < -0.4 is 9.64 Å². The van der Waals surface area contributed by atoms with Crippen LogP contribution in [0.4, 0.5) is 0 Å². The molecule has 0 radical (unpaired) electrons. The zero-order valence-corrected chi connectivity index (χ0v) is 19.2. The van der Waals surface area contributed by atoms with Gasteiger partial charge in [-0.1, -0.05) is 42.0 Å². The molecule has 7 heteroatoms. The van der Waals surface area contributed by atoms with Crippen molar-refractivity contribution in [1.29, 1.82) is 0 Å². The molecule has 2 aliphatic heterocycles. The van der Waals surface area contributed by atoms with Crippen molar-refractivity contribution in [2.24, 2.45) is 5.92 Å². The molecule has 1 amide bonds. The third-order valence-corrected chi connectivity index (χ3v) is 6.59. The van der Waals surface area contributed by atoms with Crippen LogP contribution in [0.1, 0.15) is 33.9 Å². The van der Waals surface area contributed by atoms with E-state index in [-0.39, 0.29) is 5.78 Å². The van der Waals surface area contributed by atoms with Crippen LogP contribution in [0.5, 0.6) is 5.75 Å². The summed E-state index contributed by atoms with van der Waals surface area (Å²) in [7, 11) is 1.57. The van der Waals surface area contributed by atoms with Crippen LogP contribution >= 0.6 is 0 Å². The fourth-order valence-corrected chi connectivity index (χ4v) is 4.73. The summed E-state index contributed by atoms with van der Waals surface area (Å²) in [5.41, 5.74) is 2.20. The molecule has 33 heavy (non-hydrogen) atoms. The molecule has 0 aromatic heterocycles. The van der Waals surface area contributed by atoms with E-state index in [1.807, 2.05) is 43.3 Å². The number of morpholine rings is 1. The van der Waals surface area contributed by atoms with Gasteiger partial charge in [0.15, 0.2) is 5.78 Å². The average Bonchev–Trinajstić information content (AvgIpc) is 3.10. The first-order valence-electron chi connectivity index (χ1n) is 11.5. The van der Waals surface area contributed by atoms with Crippen LogP contribution in [0.15, 0.2) is 48.5 Å². The minimum absolute atomic E-state index is 0.317. The topological polar surface area (TPSA) is 77.4 Å². The molecule has 7 nitrogen and oxygen atoms in total. The zero-order valence-electron chi connectivity index (χ0n) is 19.2. The van der Waals surface area contributed by atoms with E-state index in [9.17, 15) is 14.4 Å². The maximum Gasteiger partial charge on any atom is 0.291 e. The van der Waals surface area contributed by atoms with E-state index < -0.39 is 23.7 Å². The van der Waals surface area contributed by atoms with Gasteiger partial charge in [0.2, 0.25) is 5.78 Å². The first-order valence-corrected chi connectivity index (χ1v) is 11.5. The van der Waals surface area contributed by atoms with Crippen LogP contribution in [0.25, 0.3) is 0 Å². The zero-order chi connectivity index (χ0) is 23.4. The number of ether oxygens (including phenoxy) is 2. The number of rotatable bonds is 8. The van der Waals surface area contributed by atoms with Crippen molar-refractivity contribution in [3.63, 3.8) is 0 Å². The Morgan fingerprint density at radius 1 is 1.12 bits per heavy atom. The Morgan fingerprint density at radius 3 is 2.55 bits per heavy atom. The summed E-state index contributed by atoms with van der Waals surface area (Å²) in [5.74, 6) is -1.97. The smallest absolute Gasteiger partial charge is 0.291 e. The summed E-state index contributed by atoms with van der Waals surface area (Å²) in [5, 5.41) is 0. The summed E-state index contributed by atoms with van der Waals surface area (Å²) in [6, 6.07) is 13.8. The highest BCUT2D eigenvalue weighted by Crippen LogP contribution is 2.39. The predicted octanol–water partition coefficient (Wildman–Crippen LogP) is 1.26. The number of benzene rings is 2. The van der Waals surface area contributed by atoms with E-state index in [1.54, 1.807) is 24.1 Å². The van der Waals surface area contributed by atoms with Crippen molar-refractivity contribution in [1.82, 2.24) is 4.90 Å². The van der Waals surface area contributed by atoms with E-state index in [0.29, 0.717) is 17.9 Å². The fourth-order valence-electron chi connectivity index (χ4n) is 4.73. The predicted molar refractivity (Wildman–Crippen MR) is 122 cm³/mol. The molecule has 4 rings (SSSR count). The first-order chi connectivity index (χ1) is 16.0. The lowest BCUT2D eigenvalue weighted by atomic mass is 9.86. The Balaban J connectivity index is 1.62. The molecule has 0 aliphatic carbocycles. The van der Waals surface area contributed by atoms with Crippen LogP contribution in [-0.2, 0) is 14.3 Å². The summed E-state index contributed by atoms with van der Waals surface area (Å²) < 4.78 is 10.8. The number of Topliss-reactive ketones (excluding diaryl/α,β-unsaturated/α-hetero) is 2. The summed E-state index contributed by atoms with van der Waals surface area (Å²) in [6.45, 7) is 6.64. The van der Waals surface area contributed by atoms with Gasteiger partial charge >= 0.3 is 0 Å². The van der Waals surface area contributed by atoms with Crippen molar-refractivity contribution in [3.8, 4) is 5.75 Å². The largest absolute Gasteiger partial charge is 0.497 e. The van der Waals surface area contributed by atoms with Gasteiger partial charge in [0, 0.05) is 18.5 Å². The van der Waals surface area contributed by atoms with Crippen molar-refractivity contribution in [2.75, 3.05) is 46.5 Å². The Bertz CT molecular complexity index is 1010. The van der Waals surface area contributed by atoms with Crippen LogP contribution in [-0.4, -0.2) is 68.9 Å². The lowest BCUT2D eigenvalue weighted by molar-refractivity contribution is -0.908. The molecular formula is C26H31N2O5+. The van der Waals surface area contributed by atoms with Crippen molar-refractivity contribution in [2.45, 2.75) is 19.4 Å². The Labute approximate surface area is 194 Å². The van der Waals surface area contributed by atoms with E-state index >= 15 is 0 Å². The standard InChI is InChI=1S/C26H30N2O5/c1-18-7-9-19(10-8-18)24(29)22-23(20-5-3-6-21(17-20)32-2)28(26(31)25(22)30)12-4-11-27-13-15-33-16-14-27/h3,5-10,17,22-23H,4,11-16H2,1-2H3/p+1. The highest BCUT2D eigenvalue weighted by molar-refractivity contribution is 6.44. The summed E-state index contributed by atoms with van der Waals surface area (Å²) in [6.07, 6.45) is 0.750. The highest BCUT2D eigenvalue weighted by atomic mass is 16.5. The highest BCUT2D eigenvalue weighted by Gasteiger charge is 2.51. The molecule has 2 aromatic carbocycles. The molecule has 2 atom stereocenters. The number of hydrogen-bond acceptors (Lipinski definition) is 5. The molecule has 2 saturated heterocycles. The maximum atomic E-state index is 13.5. The Kier molecular flexibility index (Phi) is 7.20. The summed E-state index contributed by atoms with van der Waals surface area (Å²) in [4.78, 5) is 42.7. The maximum absolute atomic E-state index is 13.5. The second-order valence-corrected chi connectivity index (χ2v) is 8.76. The first kappa shape index (κ1) is 23.1. The number of nitrogens with one attached hydrogen (secondary N) is 1.